The van der Waals surface area contributed by atoms with Gasteiger partial charge in [-0.15, -0.1) is 0 Å². The monoisotopic (exact) mass is 304 g/mol. The molecule has 0 aromatic rings. The van der Waals surface area contributed by atoms with Crippen molar-refractivity contribution < 1.29 is 28.5 Å². The summed E-state index contributed by atoms with van der Waals surface area (Å²) in [4.78, 5) is 22.1. The molecule has 0 aromatic heterocycles. The quantitative estimate of drug-likeness (QED) is 0.361. The van der Waals surface area contributed by atoms with Crippen molar-refractivity contribution in [3.05, 3.63) is 0 Å². The lowest BCUT2D eigenvalue weighted by Crippen LogP contribution is -2.13. The van der Waals surface area contributed by atoms with Crippen molar-refractivity contribution in [3.8, 4) is 0 Å². The Balaban J connectivity index is 3.17. The molecule has 6 nitrogen and oxygen atoms in total. The van der Waals surface area contributed by atoms with Gasteiger partial charge < -0.3 is 18.9 Å². The summed E-state index contributed by atoms with van der Waals surface area (Å²) in [6, 6.07) is 0. The Labute approximate surface area is 127 Å². The molecule has 0 atom stereocenters. The number of carbonyl (C=O) groups excluding carboxylic acids is 2. The van der Waals surface area contributed by atoms with Crippen LogP contribution in [-0.2, 0) is 28.5 Å². The van der Waals surface area contributed by atoms with E-state index in [-0.39, 0.29) is 25.0 Å². The molecule has 0 amide bonds. The lowest BCUT2D eigenvalue weighted by molar-refractivity contribution is -0.145. The average Bonchev–Trinajstić information content (AvgIpc) is 2.49. The zero-order valence-corrected chi connectivity index (χ0v) is 13.2. The van der Waals surface area contributed by atoms with E-state index in [9.17, 15) is 9.59 Å². The molecule has 124 valence electrons. The van der Waals surface area contributed by atoms with Gasteiger partial charge >= 0.3 is 11.9 Å². The first-order valence-corrected chi connectivity index (χ1v) is 7.58. The van der Waals surface area contributed by atoms with Crippen molar-refractivity contribution >= 4 is 11.9 Å². The van der Waals surface area contributed by atoms with E-state index >= 15 is 0 Å². The zero-order valence-electron chi connectivity index (χ0n) is 13.2. The molecular formula is C15H28O6. The summed E-state index contributed by atoms with van der Waals surface area (Å²) in [5, 5.41) is 0. The van der Waals surface area contributed by atoms with Crippen LogP contribution in [0.4, 0.5) is 0 Å². The van der Waals surface area contributed by atoms with Gasteiger partial charge in [-0.25, -0.2) is 0 Å². The Morgan fingerprint density at radius 3 is 2.10 bits per heavy atom. The maximum atomic E-state index is 11.3. The van der Waals surface area contributed by atoms with Crippen molar-refractivity contribution in [2.75, 3.05) is 40.1 Å². The van der Waals surface area contributed by atoms with Crippen LogP contribution in [0.3, 0.4) is 0 Å². The molecule has 0 rings (SSSR count). The van der Waals surface area contributed by atoms with Crippen LogP contribution in [0.1, 0.15) is 45.4 Å². The minimum Gasteiger partial charge on any atom is -0.469 e. The van der Waals surface area contributed by atoms with E-state index < -0.39 is 0 Å². The molecule has 6 heteroatoms. The van der Waals surface area contributed by atoms with E-state index in [1.54, 1.807) is 0 Å². The third kappa shape index (κ3) is 15.1. The van der Waals surface area contributed by atoms with Crippen molar-refractivity contribution in [3.63, 3.8) is 0 Å². The van der Waals surface area contributed by atoms with E-state index in [1.807, 2.05) is 0 Å². The van der Waals surface area contributed by atoms with Crippen LogP contribution < -0.4 is 0 Å². The van der Waals surface area contributed by atoms with Crippen molar-refractivity contribution in [2.45, 2.75) is 45.4 Å². The second-order valence-electron chi connectivity index (χ2n) is 4.58. The number of methoxy groups -OCH3 is 1. The van der Waals surface area contributed by atoms with Gasteiger partial charge in [0.05, 0.1) is 40.0 Å². The second kappa shape index (κ2) is 15.3. The first-order valence-electron chi connectivity index (χ1n) is 7.58. The van der Waals surface area contributed by atoms with E-state index in [0.29, 0.717) is 32.8 Å². The van der Waals surface area contributed by atoms with Crippen LogP contribution in [0.5, 0.6) is 0 Å². The smallest absolute Gasteiger partial charge is 0.307 e. The Hall–Kier alpha value is -1.14. The van der Waals surface area contributed by atoms with Gasteiger partial charge in [-0.05, 0) is 6.42 Å². The van der Waals surface area contributed by atoms with Crippen molar-refractivity contribution in [1.82, 2.24) is 0 Å². The van der Waals surface area contributed by atoms with Crippen LogP contribution in [0.25, 0.3) is 0 Å². The van der Waals surface area contributed by atoms with E-state index in [4.69, 9.17) is 14.2 Å². The molecule has 0 spiro atoms. The van der Waals surface area contributed by atoms with Gasteiger partial charge in [0, 0.05) is 6.42 Å². The Kier molecular flexibility index (Phi) is 14.4. The Morgan fingerprint density at radius 2 is 1.43 bits per heavy atom. The molecule has 0 unspecified atom stereocenters. The predicted octanol–water partition coefficient (Wildman–Crippen LogP) is 2.10. The zero-order chi connectivity index (χ0) is 15.8. The van der Waals surface area contributed by atoms with Crippen LogP contribution in [-0.4, -0.2) is 52.1 Å². The third-order valence-corrected chi connectivity index (χ3v) is 2.78. The number of hydrogen-bond donors (Lipinski definition) is 0. The molecule has 0 aromatic carbocycles. The molecule has 0 bridgehead atoms. The van der Waals surface area contributed by atoms with Crippen LogP contribution in [0.15, 0.2) is 0 Å². The molecule has 0 N–H and O–H groups in total. The highest BCUT2D eigenvalue weighted by Gasteiger charge is 2.02. The van der Waals surface area contributed by atoms with Crippen LogP contribution >= 0.6 is 0 Å². The minimum absolute atomic E-state index is 0.163. The molecule has 0 heterocycles. The fraction of sp³-hybridized carbons (Fsp3) is 0.867. The summed E-state index contributed by atoms with van der Waals surface area (Å²) in [5.74, 6) is -0.453. The highest BCUT2D eigenvalue weighted by atomic mass is 16.6. The lowest BCUT2D eigenvalue weighted by Gasteiger charge is -2.07. The van der Waals surface area contributed by atoms with Gasteiger partial charge in [-0.2, -0.15) is 0 Å². The third-order valence-electron chi connectivity index (χ3n) is 2.78. The topological polar surface area (TPSA) is 71.1 Å². The first-order chi connectivity index (χ1) is 10.2. The van der Waals surface area contributed by atoms with Gasteiger partial charge in [0.15, 0.2) is 0 Å². The maximum Gasteiger partial charge on any atom is 0.307 e. The fourth-order valence-electron chi connectivity index (χ4n) is 1.56. The Morgan fingerprint density at radius 1 is 0.762 bits per heavy atom. The predicted molar refractivity (Wildman–Crippen MR) is 78.0 cm³/mol. The summed E-state index contributed by atoms with van der Waals surface area (Å²) >= 11 is 0. The summed E-state index contributed by atoms with van der Waals surface area (Å²) in [6.45, 7) is 3.91. The molecular weight excluding hydrogens is 276 g/mol. The second-order valence-corrected chi connectivity index (χ2v) is 4.58. The van der Waals surface area contributed by atoms with Crippen LogP contribution in [0, 0.1) is 0 Å². The van der Waals surface area contributed by atoms with E-state index in [1.165, 1.54) is 7.11 Å². The highest BCUT2D eigenvalue weighted by molar-refractivity contribution is 5.69. The molecule has 0 radical (unpaired) electrons. The number of hydrogen-bond acceptors (Lipinski definition) is 6. The standard InChI is InChI=1S/C15H28O6/c1-3-4-5-6-7-15(17)21-13-12-20-11-10-19-9-8-14(16)18-2/h3-13H2,1-2H3. The normalized spacial score (nSPS) is 10.4. The highest BCUT2D eigenvalue weighted by Crippen LogP contribution is 2.03. The molecule has 21 heavy (non-hydrogen) atoms. The van der Waals surface area contributed by atoms with Crippen molar-refractivity contribution in [1.29, 1.82) is 0 Å². The summed E-state index contributed by atoms with van der Waals surface area (Å²) in [6.07, 6.45) is 5.01. The average molecular weight is 304 g/mol. The number of unbranched alkanes of at least 4 members (excludes halogenated alkanes) is 3. The first kappa shape index (κ1) is 19.9. The molecule has 0 saturated carbocycles. The van der Waals surface area contributed by atoms with Gasteiger partial charge in [0.25, 0.3) is 0 Å². The summed E-state index contributed by atoms with van der Waals surface area (Å²) < 4.78 is 19.9. The summed E-state index contributed by atoms with van der Waals surface area (Å²) in [5.41, 5.74) is 0. The van der Waals surface area contributed by atoms with Crippen LogP contribution in [0.2, 0.25) is 0 Å². The van der Waals surface area contributed by atoms with Gasteiger partial charge in [0.1, 0.15) is 6.61 Å². The molecule has 0 aliphatic heterocycles. The van der Waals surface area contributed by atoms with Crippen molar-refractivity contribution in [2.24, 2.45) is 0 Å². The largest absolute Gasteiger partial charge is 0.469 e. The van der Waals surface area contributed by atoms with Gasteiger partial charge in [-0.1, -0.05) is 26.2 Å². The molecule has 0 aliphatic rings. The number of rotatable bonds is 14. The maximum absolute atomic E-state index is 11.3. The summed E-state index contributed by atoms with van der Waals surface area (Å²) in [7, 11) is 1.34. The molecule has 0 fully saturated rings. The lowest BCUT2D eigenvalue weighted by atomic mass is 10.2. The van der Waals surface area contributed by atoms with Gasteiger partial charge in [-0.3, -0.25) is 9.59 Å². The Bertz CT molecular complexity index is 267. The van der Waals surface area contributed by atoms with Gasteiger partial charge in [0.2, 0.25) is 0 Å². The number of carbonyl (C=O) groups is 2. The fourth-order valence-corrected chi connectivity index (χ4v) is 1.56. The molecule has 0 aliphatic carbocycles. The minimum atomic E-state index is -0.290. The van der Waals surface area contributed by atoms with E-state index in [0.717, 1.165) is 25.7 Å². The SMILES string of the molecule is CCCCCCC(=O)OCCOCCOCCC(=O)OC. The molecule has 0 saturated heterocycles. The number of esters is 2. The number of ether oxygens (including phenoxy) is 4. The van der Waals surface area contributed by atoms with E-state index in [2.05, 4.69) is 11.7 Å².